The maximum absolute atomic E-state index is 12.7. The number of fused-ring (bicyclic) bond motifs is 5. The summed E-state index contributed by atoms with van der Waals surface area (Å²) in [6, 6.07) is 0. The van der Waals surface area contributed by atoms with Crippen molar-refractivity contribution in [3.8, 4) is 0 Å². The molecule has 0 aromatic heterocycles. The van der Waals surface area contributed by atoms with Crippen molar-refractivity contribution >= 4 is 11.6 Å². The first-order chi connectivity index (χ1) is 12.5. The second-order valence-electron chi connectivity index (χ2n) is 10.0. The van der Waals surface area contributed by atoms with Crippen molar-refractivity contribution in [2.24, 2.45) is 28.6 Å². The lowest BCUT2D eigenvalue weighted by Gasteiger charge is -2.60. The summed E-state index contributed by atoms with van der Waals surface area (Å²) in [5.41, 5.74) is -1.29. The van der Waals surface area contributed by atoms with Crippen LogP contribution in [0.25, 0.3) is 0 Å². The Hall–Kier alpha value is -1.04. The third kappa shape index (κ3) is 2.41. The van der Waals surface area contributed by atoms with Crippen molar-refractivity contribution < 1.29 is 24.9 Å². The molecule has 3 saturated carbocycles. The van der Waals surface area contributed by atoms with Gasteiger partial charge in [-0.15, -0.1) is 0 Å². The molecular weight excluding hydrogens is 344 g/mol. The number of hydrogen-bond donors (Lipinski definition) is 3. The first-order valence-electron chi connectivity index (χ1n) is 10.4. The number of ketones is 2. The Labute approximate surface area is 160 Å². The van der Waals surface area contributed by atoms with Gasteiger partial charge in [-0.2, -0.15) is 0 Å². The lowest BCUT2D eigenvalue weighted by Crippen LogP contribution is -2.62. The molecule has 4 aliphatic carbocycles. The van der Waals surface area contributed by atoms with Crippen LogP contribution in [0.15, 0.2) is 11.6 Å². The molecule has 8 atom stereocenters. The molecule has 0 spiro atoms. The molecule has 0 heterocycles. The van der Waals surface area contributed by atoms with Crippen molar-refractivity contribution in [1.29, 1.82) is 0 Å². The Morgan fingerprint density at radius 3 is 2.59 bits per heavy atom. The van der Waals surface area contributed by atoms with Crippen LogP contribution in [0, 0.1) is 28.6 Å². The van der Waals surface area contributed by atoms with Gasteiger partial charge in [0.2, 0.25) is 0 Å². The van der Waals surface area contributed by atoms with E-state index in [1.165, 1.54) is 12.5 Å². The van der Waals surface area contributed by atoms with Gasteiger partial charge in [0.05, 0.1) is 6.10 Å². The van der Waals surface area contributed by atoms with Crippen LogP contribution < -0.4 is 0 Å². The largest absolute Gasteiger partial charge is 0.393 e. The van der Waals surface area contributed by atoms with Crippen molar-refractivity contribution in [3.05, 3.63) is 11.6 Å². The molecule has 5 heteroatoms. The monoisotopic (exact) mass is 376 g/mol. The molecule has 0 radical (unpaired) electrons. The molecule has 1 unspecified atom stereocenters. The van der Waals surface area contributed by atoms with Gasteiger partial charge >= 0.3 is 0 Å². The van der Waals surface area contributed by atoms with Crippen LogP contribution in [0.2, 0.25) is 0 Å². The molecule has 0 amide bonds. The highest BCUT2D eigenvalue weighted by Crippen LogP contribution is 2.67. The second-order valence-corrected chi connectivity index (χ2v) is 10.0. The summed E-state index contributed by atoms with van der Waals surface area (Å²) < 4.78 is 0. The van der Waals surface area contributed by atoms with Gasteiger partial charge < -0.3 is 15.3 Å². The van der Waals surface area contributed by atoms with Crippen LogP contribution in [0.4, 0.5) is 0 Å². The Morgan fingerprint density at radius 1 is 1.22 bits per heavy atom. The zero-order valence-electron chi connectivity index (χ0n) is 16.6. The summed E-state index contributed by atoms with van der Waals surface area (Å²) in [6.07, 6.45) is 4.48. The normalized spacial score (nSPS) is 50.3. The van der Waals surface area contributed by atoms with Crippen molar-refractivity contribution in [3.63, 3.8) is 0 Å². The fourth-order valence-corrected chi connectivity index (χ4v) is 7.44. The van der Waals surface area contributed by atoms with Crippen molar-refractivity contribution in [2.45, 2.75) is 83.5 Å². The lowest BCUT2D eigenvalue weighted by molar-refractivity contribution is -0.185. The molecule has 4 aliphatic rings. The molecular formula is C22H32O5. The number of rotatable bonds is 2. The first kappa shape index (κ1) is 19.3. The van der Waals surface area contributed by atoms with Gasteiger partial charge in [-0.25, -0.2) is 0 Å². The molecule has 0 saturated heterocycles. The summed E-state index contributed by atoms with van der Waals surface area (Å²) in [7, 11) is 0. The van der Waals surface area contributed by atoms with E-state index in [4.69, 9.17) is 0 Å². The highest BCUT2D eigenvalue weighted by atomic mass is 16.3. The predicted molar refractivity (Wildman–Crippen MR) is 99.7 cm³/mol. The molecule has 27 heavy (non-hydrogen) atoms. The van der Waals surface area contributed by atoms with Gasteiger partial charge in [-0.3, -0.25) is 9.59 Å². The molecule has 5 nitrogen and oxygen atoms in total. The van der Waals surface area contributed by atoms with Crippen LogP contribution in [-0.4, -0.2) is 44.7 Å². The molecule has 150 valence electrons. The van der Waals surface area contributed by atoms with Crippen molar-refractivity contribution in [2.75, 3.05) is 0 Å². The summed E-state index contributed by atoms with van der Waals surface area (Å²) in [4.78, 5) is 24.6. The maximum atomic E-state index is 12.7. The first-order valence-corrected chi connectivity index (χ1v) is 10.4. The Morgan fingerprint density at radius 2 is 1.93 bits per heavy atom. The van der Waals surface area contributed by atoms with Gasteiger partial charge in [-0.1, -0.05) is 19.4 Å². The number of carbonyl (C=O) groups is 2. The Bertz CT molecular complexity index is 711. The van der Waals surface area contributed by atoms with E-state index in [9.17, 15) is 24.9 Å². The van der Waals surface area contributed by atoms with Crippen molar-refractivity contribution in [1.82, 2.24) is 0 Å². The molecule has 0 bridgehead atoms. The quantitative estimate of drug-likeness (QED) is 0.687. The zero-order valence-corrected chi connectivity index (χ0v) is 16.6. The zero-order chi connectivity index (χ0) is 19.8. The van der Waals surface area contributed by atoms with Gasteiger partial charge in [-0.05, 0) is 74.7 Å². The van der Waals surface area contributed by atoms with E-state index in [2.05, 4.69) is 6.92 Å². The minimum atomic E-state index is -1.57. The third-order valence-electron chi connectivity index (χ3n) is 8.84. The van der Waals surface area contributed by atoms with Crippen LogP contribution in [-0.2, 0) is 9.59 Å². The van der Waals surface area contributed by atoms with E-state index in [-0.39, 0.29) is 29.0 Å². The predicted octanol–water partition coefficient (Wildman–Crippen LogP) is 2.17. The number of hydrogen-bond acceptors (Lipinski definition) is 5. The van der Waals surface area contributed by atoms with E-state index >= 15 is 0 Å². The SMILES string of the molecule is CC(O)C(=O)[C@@]1(O)CC[C@H]2[C@@H]3CCC4=CC(=O)CC[C@]4(C)[C@H]3[C@@H](O)C[C@@]21C. The van der Waals surface area contributed by atoms with Crippen LogP contribution in [0.5, 0.6) is 0 Å². The number of carbonyl (C=O) groups excluding carboxylic acids is 2. The molecule has 3 N–H and O–H groups in total. The van der Waals surface area contributed by atoms with Gasteiger partial charge in [0.25, 0.3) is 0 Å². The molecule has 0 aliphatic heterocycles. The fraction of sp³-hybridized carbons (Fsp3) is 0.818. The van der Waals surface area contributed by atoms with E-state index in [1.54, 1.807) is 0 Å². The highest BCUT2D eigenvalue weighted by Gasteiger charge is 2.68. The molecule has 3 fully saturated rings. The van der Waals surface area contributed by atoms with Crippen LogP contribution >= 0.6 is 0 Å². The number of allylic oxidation sites excluding steroid dienone is 1. The summed E-state index contributed by atoms with van der Waals surface area (Å²) in [6.45, 7) is 5.54. The summed E-state index contributed by atoms with van der Waals surface area (Å²) >= 11 is 0. The smallest absolute Gasteiger partial charge is 0.192 e. The molecule has 0 aromatic rings. The van der Waals surface area contributed by atoms with E-state index in [0.717, 1.165) is 25.7 Å². The van der Waals surface area contributed by atoms with Gasteiger partial charge in [0.1, 0.15) is 11.7 Å². The topological polar surface area (TPSA) is 94.8 Å². The summed E-state index contributed by atoms with van der Waals surface area (Å²) in [5, 5.41) is 32.4. The van der Waals surface area contributed by atoms with Gasteiger partial charge in [0, 0.05) is 11.8 Å². The van der Waals surface area contributed by atoms with E-state index in [1.807, 2.05) is 13.0 Å². The van der Waals surface area contributed by atoms with Crippen LogP contribution in [0.3, 0.4) is 0 Å². The molecule has 4 rings (SSSR count). The minimum Gasteiger partial charge on any atom is -0.393 e. The third-order valence-corrected chi connectivity index (χ3v) is 8.84. The number of aliphatic hydroxyl groups excluding tert-OH is 2. The van der Waals surface area contributed by atoms with E-state index in [0.29, 0.717) is 19.3 Å². The average Bonchev–Trinajstić information content (AvgIpc) is 2.86. The van der Waals surface area contributed by atoms with Crippen LogP contribution in [0.1, 0.15) is 65.7 Å². The van der Waals surface area contributed by atoms with E-state index < -0.39 is 29.0 Å². The fourth-order valence-electron chi connectivity index (χ4n) is 7.44. The number of Topliss-reactive ketones (excluding diaryl/α,β-unsaturated/α-hetero) is 1. The highest BCUT2D eigenvalue weighted by molar-refractivity contribution is 5.92. The number of aliphatic hydroxyl groups is 3. The Balaban J connectivity index is 1.73. The Kier molecular flexibility index (Phi) is 4.27. The minimum absolute atomic E-state index is 0.0627. The maximum Gasteiger partial charge on any atom is 0.192 e. The summed E-state index contributed by atoms with van der Waals surface area (Å²) in [5.74, 6) is 0.116. The van der Waals surface area contributed by atoms with Gasteiger partial charge in [0.15, 0.2) is 11.6 Å². The standard InChI is InChI=1S/C22H32O5/c1-12(23)19(26)22(27)9-7-16-15-5-4-13-10-14(24)6-8-20(13,2)18(15)17(25)11-21(16,22)3/h10,12,15-18,23,25,27H,4-9,11H2,1-3H3/t12?,15-,16-,17-,18+,20-,21-,22-/m0/s1. The average molecular weight is 376 g/mol. The molecule has 0 aromatic carbocycles. The lowest BCUT2D eigenvalue weighted by atomic mass is 9.45. The second kappa shape index (κ2) is 5.98.